The van der Waals surface area contributed by atoms with Crippen molar-refractivity contribution in [2.45, 2.75) is 62.0 Å². The van der Waals surface area contributed by atoms with Crippen molar-refractivity contribution in [1.82, 2.24) is 0 Å². The van der Waals surface area contributed by atoms with Gasteiger partial charge in [-0.15, -0.1) is 0 Å². The maximum Gasteiger partial charge on any atom is 0.335 e. The van der Waals surface area contributed by atoms with E-state index in [1.54, 1.807) is 13.8 Å². The van der Waals surface area contributed by atoms with Crippen molar-refractivity contribution in [3.8, 4) is 0 Å². The zero-order chi connectivity index (χ0) is 23.3. The first-order valence-corrected chi connectivity index (χ1v) is 11.9. The van der Waals surface area contributed by atoms with E-state index >= 15 is 0 Å². The van der Waals surface area contributed by atoms with Crippen LogP contribution in [0.1, 0.15) is 31.7 Å². The lowest BCUT2D eigenvalue weighted by Gasteiger charge is -2.33. The maximum absolute atomic E-state index is 13.4. The van der Waals surface area contributed by atoms with Crippen LogP contribution in [0.15, 0.2) is 29.8 Å². The lowest BCUT2D eigenvalue weighted by molar-refractivity contribution is -0.157. The predicted octanol–water partition coefficient (Wildman–Crippen LogP) is 1.14. The minimum absolute atomic E-state index is 0.0318. The zero-order valence-corrected chi connectivity index (χ0v) is 18.5. The summed E-state index contributed by atoms with van der Waals surface area (Å²) in [5, 5.41) is 18.4. The van der Waals surface area contributed by atoms with Crippen molar-refractivity contribution in [3.63, 3.8) is 0 Å². The summed E-state index contributed by atoms with van der Waals surface area (Å²) < 4.78 is 59.2. The molecule has 4 rings (SSSR count). The fourth-order valence-electron chi connectivity index (χ4n) is 4.40. The molecule has 0 amide bonds. The summed E-state index contributed by atoms with van der Waals surface area (Å²) in [5.74, 6) is -2.78. The molecule has 1 saturated heterocycles. The Morgan fingerprint density at radius 1 is 1.41 bits per heavy atom. The highest BCUT2D eigenvalue weighted by atomic mass is 32.2. The van der Waals surface area contributed by atoms with Gasteiger partial charge in [-0.3, -0.25) is 4.72 Å². The van der Waals surface area contributed by atoms with Crippen LogP contribution < -0.4 is 4.72 Å². The molecule has 2 spiro atoms. The first-order valence-electron chi connectivity index (χ1n) is 10.4. The number of ether oxygens (including phenoxy) is 3. The van der Waals surface area contributed by atoms with Gasteiger partial charge in [0, 0.05) is 12.8 Å². The number of rotatable bonds is 6. The highest BCUT2D eigenvalue weighted by Crippen LogP contribution is 2.55. The van der Waals surface area contributed by atoms with Gasteiger partial charge in [0.05, 0.1) is 30.6 Å². The standard InChI is InChI=1S/C21H26FNO8S/c1-3-29-19(26)14-9-20(30-18(11-24)21(31-20)10-17(21)25)7-6-16(14)32(27,28)23-15-5-4-13(22)8-12(15)2/h4-5,8-9,16-18,23-25H,3,6-7,10-11H2,1-2H3/t16?,17?,18-,20?,21?/m0/s1. The molecule has 9 nitrogen and oxygen atoms in total. The highest BCUT2D eigenvalue weighted by Gasteiger charge is 2.70. The van der Waals surface area contributed by atoms with Crippen LogP contribution in [0.2, 0.25) is 0 Å². The fourth-order valence-corrected chi connectivity index (χ4v) is 6.00. The van der Waals surface area contributed by atoms with E-state index < -0.39 is 57.3 Å². The molecule has 1 aromatic rings. The van der Waals surface area contributed by atoms with E-state index in [4.69, 9.17) is 14.2 Å². The van der Waals surface area contributed by atoms with Gasteiger partial charge in [0.25, 0.3) is 0 Å². The minimum Gasteiger partial charge on any atom is -0.463 e. The summed E-state index contributed by atoms with van der Waals surface area (Å²) in [4.78, 5) is 12.7. The van der Waals surface area contributed by atoms with E-state index in [1.807, 2.05) is 0 Å². The average Bonchev–Trinajstić information content (AvgIpc) is 3.26. The van der Waals surface area contributed by atoms with Crippen LogP contribution in [0, 0.1) is 12.7 Å². The molecule has 5 atom stereocenters. The molecule has 0 radical (unpaired) electrons. The number of carbonyl (C=O) groups excluding carboxylic acids is 1. The Morgan fingerprint density at radius 3 is 2.69 bits per heavy atom. The number of sulfonamides is 1. The van der Waals surface area contributed by atoms with E-state index in [1.165, 1.54) is 18.2 Å². The third kappa shape index (κ3) is 3.92. The van der Waals surface area contributed by atoms with Gasteiger partial charge in [-0.25, -0.2) is 17.6 Å². The van der Waals surface area contributed by atoms with Gasteiger partial charge >= 0.3 is 5.97 Å². The SMILES string of the molecule is CCOC(=O)C1=CC2(CCC1S(=O)(=O)Nc1ccc(F)cc1C)O[C@@H](CO)C1(CC1O)O2. The lowest BCUT2D eigenvalue weighted by atomic mass is 9.94. The van der Waals surface area contributed by atoms with E-state index in [0.29, 0.717) is 5.56 Å². The molecule has 1 heterocycles. The summed E-state index contributed by atoms with van der Waals surface area (Å²) in [6.07, 6.45) is -0.0126. The molecule has 3 aliphatic rings. The molecule has 176 valence electrons. The second-order valence-electron chi connectivity index (χ2n) is 8.33. The Hall–Kier alpha value is -2.05. The van der Waals surface area contributed by atoms with Crippen LogP contribution in [-0.4, -0.2) is 66.7 Å². The Kier molecular flexibility index (Phi) is 5.83. The monoisotopic (exact) mass is 471 g/mol. The van der Waals surface area contributed by atoms with Crippen molar-refractivity contribution >= 4 is 21.7 Å². The molecule has 2 fully saturated rings. The first-order chi connectivity index (χ1) is 15.1. The molecule has 11 heteroatoms. The van der Waals surface area contributed by atoms with Crippen LogP contribution in [-0.2, 0) is 29.0 Å². The topological polar surface area (TPSA) is 131 Å². The van der Waals surface area contributed by atoms with Crippen LogP contribution >= 0.6 is 0 Å². The number of hydrogen-bond acceptors (Lipinski definition) is 8. The molecular weight excluding hydrogens is 445 g/mol. The molecule has 4 unspecified atom stereocenters. The number of carbonyl (C=O) groups is 1. The molecule has 1 aliphatic heterocycles. The molecule has 3 N–H and O–H groups in total. The number of benzene rings is 1. The maximum atomic E-state index is 13.4. The Balaban J connectivity index is 1.67. The van der Waals surface area contributed by atoms with Crippen molar-refractivity contribution in [2.24, 2.45) is 0 Å². The number of aliphatic hydroxyl groups is 2. The molecule has 32 heavy (non-hydrogen) atoms. The number of anilines is 1. The van der Waals surface area contributed by atoms with Gasteiger partial charge in [0.2, 0.25) is 10.0 Å². The van der Waals surface area contributed by atoms with E-state index in [0.717, 1.165) is 6.07 Å². The molecule has 0 aromatic heterocycles. The summed E-state index contributed by atoms with van der Waals surface area (Å²) >= 11 is 0. The summed E-state index contributed by atoms with van der Waals surface area (Å²) in [6, 6.07) is 3.65. The Bertz CT molecular complexity index is 1060. The molecular formula is C21H26FNO8S. The molecule has 1 saturated carbocycles. The van der Waals surface area contributed by atoms with Crippen LogP contribution in [0.4, 0.5) is 10.1 Å². The fraction of sp³-hybridized carbons (Fsp3) is 0.571. The number of aryl methyl sites for hydroxylation is 1. The van der Waals surface area contributed by atoms with E-state index in [-0.39, 0.29) is 37.1 Å². The van der Waals surface area contributed by atoms with Gasteiger partial charge in [0.15, 0.2) is 5.79 Å². The van der Waals surface area contributed by atoms with Crippen molar-refractivity contribution in [1.29, 1.82) is 0 Å². The third-order valence-corrected chi connectivity index (χ3v) is 7.88. The van der Waals surface area contributed by atoms with Gasteiger partial charge in [-0.1, -0.05) is 0 Å². The highest BCUT2D eigenvalue weighted by molar-refractivity contribution is 7.93. The third-order valence-electron chi connectivity index (χ3n) is 6.14. The van der Waals surface area contributed by atoms with E-state index in [2.05, 4.69) is 4.72 Å². The first kappa shape index (κ1) is 23.1. The van der Waals surface area contributed by atoms with Gasteiger partial charge < -0.3 is 24.4 Å². The minimum atomic E-state index is -4.12. The molecule has 2 aliphatic carbocycles. The molecule has 1 aromatic carbocycles. The number of aliphatic hydroxyl groups excluding tert-OH is 2. The largest absolute Gasteiger partial charge is 0.463 e. The average molecular weight is 472 g/mol. The second kappa shape index (κ2) is 8.07. The van der Waals surface area contributed by atoms with E-state index in [9.17, 15) is 27.8 Å². The summed E-state index contributed by atoms with van der Waals surface area (Å²) in [5.41, 5.74) is -0.640. The predicted molar refractivity (Wildman–Crippen MR) is 111 cm³/mol. The van der Waals surface area contributed by atoms with Crippen molar-refractivity contribution in [3.05, 3.63) is 41.2 Å². The van der Waals surface area contributed by atoms with Gasteiger partial charge in [-0.2, -0.15) is 0 Å². The lowest BCUT2D eigenvalue weighted by Crippen LogP contribution is -2.43. The molecule has 0 bridgehead atoms. The quantitative estimate of drug-likeness (QED) is 0.527. The number of esters is 1. The number of halogens is 1. The summed E-state index contributed by atoms with van der Waals surface area (Å²) in [6.45, 7) is 2.80. The number of hydrogen-bond donors (Lipinski definition) is 3. The Labute approximate surface area is 185 Å². The zero-order valence-electron chi connectivity index (χ0n) is 17.7. The van der Waals surface area contributed by atoms with Crippen molar-refractivity contribution in [2.75, 3.05) is 17.9 Å². The Morgan fingerprint density at radius 2 is 2.12 bits per heavy atom. The van der Waals surface area contributed by atoms with Gasteiger partial charge in [-0.05, 0) is 50.1 Å². The number of nitrogens with one attached hydrogen (secondary N) is 1. The van der Waals surface area contributed by atoms with Crippen molar-refractivity contribution < 1.29 is 42.0 Å². The van der Waals surface area contributed by atoms with Crippen LogP contribution in [0.3, 0.4) is 0 Å². The normalized spacial score (nSPS) is 33.9. The summed E-state index contributed by atoms with van der Waals surface area (Å²) in [7, 11) is -4.12. The second-order valence-corrected chi connectivity index (χ2v) is 10.2. The van der Waals surface area contributed by atoms with Crippen LogP contribution in [0.5, 0.6) is 0 Å². The smallest absolute Gasteiger partial charge is 0.335 e. The van der Waals surface area contributed by atoms with Crippen LogP contribution in [0.25, 0.3) is 0 Å². The van der Waals surface area contributed by atoms with Gasteiger partial charge in [0.1, 0.15) is 22.8 Å².